The van der Waals surface area contributed by atoms with Gasteiger partial charge in [-0.2, -0.15) is 0 Å². The second-order valence-electron chi connectivity index (χ2n) is 8.17. The summed E-state index contributed by atoms with van der Waals surface area (Å²) < 4.78 is 24.6. The van der Waals surface area contributed by atoms with Gasteiger partial charge in [-0.25, -0.2) is 4.39 Å². The van der Waals surface area contributed by atoms with Crippen molar-refractivity contribution in [2.75, 3.05) is 57.4 Å². The van der Waals surface area contributed by atoms with E-state index in [0.29, 0.717) is 12.6 Å². The minimum absolute atomic E-state index is 0.144. The van der Waals surface area contributed by atoms with Crippen LogP contribution >= 0.6 is 0 Å². The van der Waals surface area contributed by atoms with E-state index in [1.807, 2.05) is 0 Å². The molecule has 0 saturated carbocycles. The Morgan fingerprint density at radius 3 is 2.38 bits per heavy atom. The number of benzene rings is 1. The van der Waals surface area contributed by atoms with Crippen LogP contribution in [0.2, 0.25) is 0 Å². The molecule has 7 nitrogen and oxygen atoms in total. The molecule has 3 aliphatic rings. The number of halogens is 1. The van der Waals surface area contributed by atoms with E-state index in [4.69, 9.17) is 9.47 Å². The normalized spacial score (nSPS) is 32.0. The van der Waals surface area contributed by atoms with Crippen molar-refractivity contribution in [2.24, 2.45) is 0 Å². The highest BCUT2D eigenvalue weighted by molar-refractivity contribution is 5.46. The van der Waals surface area contributed by atoms with Gasteiger partial charge < -0.3 is 29.9 Å². The number of nitrogens with zero attached hydrogens (tertiary/aromatic N) is 2. The molecule has 0 radical (unpaired) electrons. The summed E-state index contributed by atoms with van der Waals surface area (Å²) in [5.74, 6) is -0.228. The minimum atomic E-state index is -0.709. The van der Waals surface area contributed by atoms with Crippen molar-refractivity contribution >= 4 is 5.69 Å². The molecule has 162 valence electrons. The highest BCUT2D eigenvalue weighted by Gasteiger charge is 2.46. The zero-order chi connectivity index (χ0) is 20.2. The highest BCUT2D eigenvalue weighted by Crippen LogP contribution is 2.28. The van der Waals surface area contributed by atoms with Gasteiger partial charge in [0.2, 0.25) is 0 Å². The van der Waals surface area contributed by atoms with E-state index in [1.54, 1.807) is 12.1 Å². The number of rotatable bonds is 6. The zero-order valence-corrected chi connectivity index (χ0v) is 16.8. The van der Waals surface area contributed by atoms with Crippen LogP contribution in [0.15, 0.2) is 24.3 Å². The predicted octanol–water partition coefficient (Wildman–Crippen LogP) is 0.206. The summed E-state index contributed by atoms with van der Waals surface area (Å²) >= 11 is 0. The SMILES string of the molecule is OCC1OC(CNC2CCOCC2)C(N2CCN(c3ccc(F)cc3)CC2)C1O. The van der Waals surface area contributed by atoms with Crippen molar-refractivity contribution in [2.45, 2.75) is 43.2 Å². The fourth-order valence-electron chi connectivity index (χ4n) is 4.71. The van der Waals surface area contributed by atoms with E-state index in [-0.39, 0.29) is 24.6 Å². The van der Waals surface area contributed by atoms with Crippen LogP contribution in [-0.4, -0.2) is 98.1 Å². The Bertz CT molecular complexity index is 635. The number of aliphatic hydroxyl groups is 2. The molecule has 3 N–H and O–H groups in total. The third kappa shape index (κ3) is 4.90. The van der Waals surface area contributed by atoms with Crippen LogP contribution in [0.1, 0.15) is 12.8 Å². The number of ether oxygens (including phenoxy) is 2. The first-order valence-electron chi connectivity index (χ1n) is 10.7. The molecule has 1 aromatic carbocycles. The quantitative estimate of drug-likeness (QED) is 0.620. The molecule has 0 spiro atoms. The predicted molar refractivity (Wildman–Crippen MR) is 108 cm³/mol. The molecule has 4 rings (SSSR count). The Kier molecular flexibility index (Phi) is 7.00. The Morgan fingerprint density at radius 1 is 1.03 bits per heavy atom. The average molecular weight is 410 g/mol. The molecular formula is C21H32FN3O4. The third-order valence-electron chi connectivity index (χ3n) is 6.40. The second kappa shape index (κ2) is 9.68. The molecule has 0 aromatic heterocycles. The maximum absolute atomic E-state index is 13.2. The van der Waals surface area contributed by atoms with Gasteiger partial charge in [0.15, 0.2) is 0 Å². The Labute approximate surface area is 171 Å². The first kappa shape index (κ1) is 21.0. The Morgan fingerprint density at radius 2 is 1.72 bits per heavy atom. The summed E-state index contributed by atoms with van der Waals surface area (Å²) in [7, 11) is 0. The van der Waals surface area contributed by atoms with Crippen molar-refractivity contribution in [1.29, 1.82) is 0 Å². The zero-order valence-electron chi connectivity index (χ0n) is 16.8. The third-order valence-corrected chi connectivity index (χ3v) is 6.40. The van der Waals surface area contributed by atoms with Gasteiger partial charge in [-0.05, 0) is 37.1 Å². The monoisotopic (exact) mass is 409 g/mol. The molecule has 0 bridgehead atoms. The Balaban J connectivity index is 1.36. The number of anilines is 1. The number of nitrogens with one attached hydrogen (secondary N) is 1. The first-order valence-corrected chi connectivity index (χ1v) is 10.7. The summed E-state index contributed by atoms with van der Waals surface area (Å²) in [6.45, 7) is 5.21. The van der Waals surface area contributed by atoms with Gasteiger partial charge in [-0.3, -0.25) is 4.90 Å². The molecule has 1 aromatic rings. The fourth-order valence-corrected chi connectivity index (χ4v) is 4.71. The summed E-state index contributed by atoms with van der Waals surface area (Å²) in [5, 5.41) is 24.0. The van der Waals surface area contributed by atoms with Crippen LogP contribution in [0.4, 0.5) is 10.1 Å². The van der Waals surface area contributed by atoms with E-state index in [1.165, 1.54) is 12.1 Å². The standard InChI is InChI=1S/C21H32FN3O4/c22-15-1-3-17(4-2-15)24-7-9-25(10-8-24)20-18(29-19(14-26)21(20)27)13-23-16-5-11-28-12-6-16/h1-4,16,18-21,23,26-27H,5-14H2. The largest absolute Gasteiger partial charge is 0.394 e. The molecule has 3 fully saturated rings. The van der Waals surface area contributed by atoms with Crippen LogP contribution in [0.25, 0.3) is 0 Å². The van der Waals surface area contributed by atoms with Crippen LogP contribution in [0.5, 0.6) is 0 Å². The second-order valence-corrected chi connectivity index (χ2v) is 8.17. The smallest absolute Gasteiger partial charge is 0.123 e. The van der Waals surface area contributed by atoms with Crippen molar-refractivity contribution < 1.29 is 24.1 Å². The van der Waals surface area contributed by atoms with Crippen molar-refractivity contribution in [3.05, 3.63) is 30.1 Å². The number of piperazine rings is 1. The minimum Gasteiger partial charge on any atom is -0.394 e. The van der Waals surface area contributed by atoms with Crippen LogP contribution in [0, 0.1) is 5.82 Å². The van der Waals surface area contributed by atoms with Gasteiger partial charge in [0.1, 0.15) is 18.0 Å². The lowest BCUT2D eigenvalue weighted by Gasteiger charge is -2.41. The maximum Gasteiger partial charge on any atom is 0.123 e. The van der Waals surface area contributed by atoms with E-state index < -0.39 is 12.2 Å². The molecule has 29 heavy (non-hydrogen) atoms. The lowest BCUT2D eigenvalue weighted by atomic mass is 10.0. The Hall–Kier alpha value is -1.29. The van der Waals surface area contributed by atoms with Gasteiger partial charge >= 0.3 is 0 Å². The van der Waals surface area contributed by atoms with Gasteiger partial charge in [-0.15, -0.1) is 0 Å². The molecule has 4 unspecified atom stereocenters. The molecule has 8 heteroatoms. The molecular weight excluding hydrogens is 377 g/mol. The summed E-state index contributed by atoms with van der Waals surface area (Å²) in [4.78, 5) is 4.51. The maximum atomic E-state index is 13.2. The highest BCUT2D eigenvalue weighted by atomic mass is 19.1. The summed E-state index contributed by atoms with van der Waals surface area (Å²) in [6, 6.07) is 6.85. The van der Waals surface area contributed by atoms with E-state index in [0.717, 1.165) is 57.9 Å². The summed E-state index contributed by atoms with van der Waals surface area (Å²) in [5.41, 5.74) is 1.01. The summed E-state index contributed by atoms with van der Waals surface area (Å²) in [6.07, 6.45) is 0.553. The van der Waals surface area contributed by atoms with E-state index >= 15 is 0 Å². The molecule has 3 saturated heterocycles. The fraction of sp³-hybridized carbons (Fsp3) is 0.714. The van der Waals surface area contributed by atoms with Crippen LogP contribution in [0.3, 0.4) is 0 Å². The van der Waals surface area contributed by atoms with Crippen molar-refractivity contribution in [1.82, 2.24) is 10.2 Å². The van der Waals surface area contributed by atoms with Gasteiger partial charge in [0.05, 0.1) is 18.8 Å². The van der Waals surface area contributed by atoms with Crippen molar-refractivity contribution in [3.8, 4) is 0 Å². The molecule has 0 aliphatic carbocycles. The molecule has 3 aliphatic heterocycles. The van der Waals surface area contributed by atoms with Crippen LogP contribution in [-0.2, 0) is 9.47 Å². The molecule has 4 atom stereocenters. The van der Waals surface area contributed by atoms with Gasteiger partial charge in [-0.1, -0.05) is 0 Å². The van der Waals surface area contributed by atoms with Gasteiger partial charge in [0, 0.05) is 57.7 Å². The number of hydrogen-bond donors (Lipinski definition) is 3. The molecule has 3 heterocycles. The number of aliphatic hydroxyl groups excluding tert-OH is 2. The first-order chi connectivity index (χ1) is 14.2. The lowest BCUT2D eigenvalue weighted by molar-refractivity contribution is -0.0229. The van der Waals surface area contributed by atoms with Crippen LogP contribution < -0.4 is 10.2 Å². The average Bonchev–Trinajstić information content (AvgIpc) is 3.09. The number of hydrogen-bond acceptors (Lipinski definition) is 7. The van der Waals surface area contributed by atoms with Gasteiger partial charge in [0.25, 0.3) is 0 Å². The van der Waals surface area contributed by atoms with E-state index in [9.17, 15) is 14.6 Å². The topological polar surface area (TPSA) is 77.4 Å². The van der Waals surface area contributed by atoms with Crippen molar-refractivity contribution in [3.63, 3.8) is 0 Å². The lowest BCUT2D eigenvalue weighted by Crippen LogP contribution is -2.57. The molecule has 0 amide bonds. The van der Waals surface area contributed by atoms with E-state index in [2.05, 4.69) is 15.1 Å².